The number of aryl methyl sites for hydroxylation is 1. The predicted molar refractivity (Wildman–Crippen MR) is 56.5 cm³/mol. The molecule has 1 aromatic heterocycles. The Kier molecular flexibility index (Phi) is 4.45. The zero-order chi connectivity index (χ0) is 12.9. The van der Waals surface area contributed by atoms with Crippen LogP contribution >= 0.6 is 0 Å². The van der Waals surface area contributed by atoms with Crippen molar-refractivity contribution in [1.82, 2.24) is 10.3 Å². The van der Waals surface area contributed by atoms with Gasteiger partial charge in [0.25, 0.3) is 0 Å². The summed E-state index contributed by atoms with van der Waals surface area (Å²) in [7, 11) is 0. The van der Waals surface area contributed by atoms with Gasteiger partial charge < -0.3 is 10.6 Å². The Bertz CT molecular complexity index is 393. The van der Waals surface area contributed by atoms with Crippen LogP contribution in [0.15, 0.2) is 18.2 Å². The maximum absolute atomic E-state index is 11.8. The van der Waals surface area contributed by atoms with Crippen LogP contribution in [0.2, 0.25) is 0 Å². The average Bonchev–Trinajstić information content (AvgIpc) is 2.15. The fourth-order valence-corrected chi connectivity index (χ4v) is 1.12. The first kappa shape index (κ1) is 13.4. The van der Waals surface area contributed by atoms with Crippen molar-refractivity contribution in [2.75, 3.05) is 18.4 Å². The van der Waals surface area contributed by atoms with Crippen molar-refractivity contribution in [1.29, 1.82) is 0 Å². The summed E-state index contributed by atoms with van der Waals surface area (Å²) in [4.78, 5) is 15.2. The van der Waals surface area contributed by atoms with Crippen LogP contribution in [0.1, 0.15) is 5.69 Å². The van der Waals surface area contributed by atoms with Gasteiger partial charge in [-0.25, -0.2) is 4.98 Å². The number of amides is 1. The summed E-state index contributed by atoms with van der Waals surface area (Å²) < 4.78 is 35.3. The molecule has 1 aromatic rings. The monoisotopic (exact) mass is 247 g/mol. The summed E-state index contributed by atoms with van der Waals surface area (Å²) >= 11 is 0. The van der Waals surface area contributed by atoms with E-state index in [4.69, 9.17) is 0 Å². The van der Waals surface area contributed by atoms with Crippen molar-refractivity contribution in [2.45, 2.75) is 13.1 Å². The van der Waals surface area contributed by atoms with E-state index in [0.29, 0.717) is 11.5 Å². The van der Waals surface area contributed by atoms with Gasteiger partial charge in [0.05, 0.1) is 13.1 Å². The summed E-state index contributed by atoms with van der Waals surface area (Å²) in [5.41, 5.74) is 0.714. The van der Waals surface area contributed by atoms with Crippen molar-refractivity contribution >= 4 is 11.7 Å². The van der Waals surface area contributed by atoms with E-state index >= 15 is 0 Å². The lowest BCUT2D eigenvalue weighted by Crippen LogP contribution is -2.35. The molecule has 4 nitrogen and oxygen atoms in total. The zero-order valence-electron chi connectivity index (χ0n) is 9.14. The number of carbonyl (C=O) groups excluding carboxylic acids is 1. The van der Waals surface area contributed by atoms with Gasteiger partial charge in [-0.05, 0) is 19.1 Å². The molecular weight excluding hydrogens is 235 g/mol. The van der Waals surface area contributed by atoms with Gasteiger partial charge in [-0.15, -0.1) is 0 Å². The van der Waals surface area contributed by atoms with Crippen molar-refractivity contribution in [3.63, 3.8) is 0 Å². The number of hydrogen-bond donors (Lipinski definition) is 2. The minimum absolute atomic E-state index is 0.323. The largest absolute Gasteiger partial charge is 0.401 e. The fraction of sp³-hybridized carbons (Fsp3) is 0.400. The number of halogens is 3. The second kappa shape index (κ2) is 5.62. The molecule has 0 atom stereocenters. The van der Waals surface area contributed by atoms with Crippen molar-refractivity contribution < 1.29 is 18.0 Å². The summed E-state index contributed by atoms with van der Waals surface area (Å²) in [6.45, 7) is 0.147. The molecule has 0 aliphatic rings. The topological polar surface area (TPSA) is 54.0 Å². The Labute approximate surface area is 96.2 Å². The minimum atomic E-state index is -4.32. The molecule has 0 aromatic carbocycles. The highest BCUT2D eigenvalue weighted by Gasteiger charge is 2.26. The number of nitrogens with zero attached hydrogens (tertiary/aromatic N) is 1. The van der Waals surface area contributed by atoms with E-state index in [1.54, 1.807) is 25.1 Å². The van der Waals surface area contributed by atoms with Crippen LogP contribution in [0, 0.1) is 6.92 Å². The number of hydrogen-bond acceptors (Lipinski definition) is 3. The molecule has 0 unspecified atom stereocenters. The number of carbonyl (C=O) groups is 1. The molecule has 0 radical (unpaired) electrons. The Hall–Kier alpha value is -1.63. The zero-order valence-corrected chi connectivity index (χ0v) is 9.14. The second-order valence-corrected chi connectivity index (χ2v) is 3.43. The first-order valence-corrected chi connectivity index (χ1v) is 4.88. The molecule has 2 N–H and O–H groups in total. The lowest BCUT2D eigenvalue weighted by molar-refractivity contribution is -0.126. The van der Waals surface area contributed by atoms with Gasteiger partial charge in [0.15, 0.2) is 0 Å². The standard InChI is InChI=1S/C10H12F3N3O/c1-7-3-2-4-8(15-7)16-9(17)5-14-6-10(11,12)13/h2-4,14H,5-6H2,1H3,(H,15,16,17). The third-order valence-electron chi connectivity index (χ3n) is 1.77. The molecule has 0 saturated heterocycles. The Morgan fingerprint density at radius 3 is 2.71 bits per heavy atom. The average molecular weight is 247 g/mol. The van der Waals surface area contributed by atoms with Crippen molar-refractivity contribution in [3.8, 4) is 0 Å². The number of anilines is 1. The number of alkyl halides is 3. The Morgan fingerprint density at radius 2 is 2.12 bits per heavy atom. The van der Waals surface area contributed by atoms with Crippen LogP contribution in [0.3, 0.4) is 0 Å². The van der Waals surface area contributed by atoms with E-state index in [1.807, 2.05) is 5.32 Å². The van der Waals surface area contributed by atoms with Crippen molar-refractivity contribution in [3.05, 3.63) is 23.9 Å². The van der Waals surface area contributed by atoms with Crippen LogP contribution in [0.5, 0.6) is 0 Å². The van der Waals surface area contributed by atoms with E-state index in [1.165, 1.54) is 0 Å². The first-order valence-electron chi connectivity index (χ1n) is 4.88. The molecule has 1 rings (SSSR count). The Balaban J connectivity index is 2.35. The van der Waals surface area contributed by atoms with E-state index < -0.39 is 25.2 Å². The van der Waals surface area contributed by atoms with Gasteiger partial charge in [-0.3, -0.25) is 4.79 Å². The van der Waals surface area contributed by atoms with E-state index in [9.17, 15) is 18.0 Å². The molecule has 7 heteroatoms. The van der Waals surface area contributed by atoms with E-state index in [0.717, 1.165) is 0 Å². The summed E-state index contributed by atoms with van der Waals surface area (Å²) in [5.74, 6) is -0.240. The molecule has 0 aliphatic heterocycles. The number of nitrogens with one attached hydrogen (secondary N) is 2. The predicted octanol–water partition coefficient (Wildman–Crippen LogP) is 1.48. The number of aromatic nitrogens is 1. The van der Waals surface area contributed by atoms with Gasteiger partial charge in [0, 0.05) is 5.69 Å². The molecular formula is C10H12F3N3O. The molecule has 0 bridgehead atoms. The molecule has 0 spiro atoms. The Morgan fingerprint density at radius 1 is 1.41 bits per heavy atom. The van der Waals surface area contributed by atoms with Crippen LogP contribution in [0.25, 0.3) is 0 Å². The number of rotatable bonds is 4. The maximum atomic E-state index is 11.8. The quantitative estimate of drug-likeness (QED) is 0.847. The molecule has 1 amide bonds. The molecule has 0 fully saturated rings. The first-order chi connectivity index (χ1) is 7.87. The highest BCUT2D eigenvalue weighted by atomic mass is 19.4. The summed E-state index contributed by atoms with van der Waals surface area (Å²) in [6, 6.07) is 5.01. The van der Waals surface area contributed by atoms with Gasteiger partial charge in [0.2, 0.25) is 5.91 Å². The number of pyridine rings is 1. The van der Waals surface area contributed by atoms with Crippen LogP contribution in [0.4, 0.5) is 19.0 Å². The van der Waals surface area contributed by atoms with E-state index in [-0.39, 0.29) is 0 Å². The highest BCUT2D eigenvalue weighted by molar-refractivity contribution is 5.91. The minimum Gasteiger partial charge on any atom is -0.310 e. The third-order valence-corrected chi connectivity index (χ3v) is 1.77. The molecule has 0 aliphatic carbocycles. The molecule has 1 heterocycles. The molecule has 94 valence electrons. The highest BCUT2D eigenvalue weighted by Crippen LogP contribution is 2.11. The lowest BCUT2D eigenvalue weighted by Gasteiger charge is -2.08. The molecule has 0 saturated carbocycles. The fourth-order valence-electron chi connectivity index (χ4n) is 1.12. The van der Waals surface area contributed by atoms with Crippen LogP contribution in [-0.4, -0.2) is 30.2 Å². The van der Waals surface area contributed by atoms with Gasteiger partial charge in [0.1, 0.15) is 5.82 Å². The van der Waals surface area contributed by atoms with Gasteiger partial charge in [-0.1, -0.05) is 6.07 Å². The third kappa shape index (κ3) is 5.86. The summed E-state index contributed by atoms with van der Waals surface area (Å²) in [5, 5.41) is 4.38. The lowest BCUT2D eigenvalue weighted by atomic mass is 10.4. The SMILES string of the molecule is Cc1cccc(NC(=O)CNCC(F)(F)F)n1. The molecule has 17 heavy (non-hydrogen) atoms. The van der Waals surface area contributed by atoms with Crippen molar-refractivity contribution in [2.24, 2.45) is 0 Å². The van der Waals surface area contributed by atoms with E-state index in [2.05, 4.69) is 10.3 Å². The summed E-state index contributed by atoms with van der Waals surface area (Å²) in [6.07, 6.45) is -4.32. The van der Waals surface area contributed by atoms with Gasteiger partial charge in [-0.2, -0.15) is 13.2 Å². The smallest absolute Gasteiger partial charge is 0.310 e. The second-order valence-electron chi connectivity index (χ2n) is 3.43. The van der Waals surface area contributed by atoms with Crippen LogP contribution in [-0.2, 0) is 4.79 Å². The van der Waals surface area contributed by atoms with Crippen LogP contribution < -0.4 is 10.6 Å². The maximum Gasteiger partial charge on any atom is 0.401 e. The van der Waals surface area contributed by atoms with Gasteiger partial charge >= 0.3 is 6.18 Å². The normalized spacial score (nSPS) is 11.3.